The molecule has 19 heavy (non-hydrogen) atoms. The zero-order valence-corrected chi connectivity index (χ0v) is 12.9. The van der Waals surface area contributed by atoms with Gasteiger partial charge in [-0.3, -0.25) is 0 Å². The molecule has 108 valence electrons. The minimum absolute atomic E-state index is 0.0521. The second-order valence-electron chi connectivity index (χ2n) is 6.70. The average Bonchev–Trinajstić information content (AvgIpc) is 2.81. The monoisotopic (exact) mass is 268 g/mol. The number of aromatic nitrogens is 4. The molecule has 0 spiro atoms. The molecule has 2 heterocycles. The first-order chi connectivity index (χ1) is 8.93. The van der Waals surface area contributed by atoms with E-state index in [0.29, 0.717) is 6.04 Å². The Morgan fingerprint density at radius 1 is 1.21 bits per heavy atom. The van der Waals surface area contributed by atoms with Crippen LogP contribution in [0.5, 0.6) is 0 Å². The summed E-state index contributed by atoms with van der Waals surface area (Å²) in [5, 5.41) is 12.4. The second kappa shape index (κ2) is 5.54. The molecule has 1 aromatic heterocycles. The van der Waals surface area contributed by atoms with Crippen LogP contribution in [0.25, 0.3) is 0 Å². The summed E-state index contributed by atoms with van der Waals surface area (Å²) < 4.78 is 2.00. The molecule has 0 radical (unpaired) electrons. The van der Waals surface area contributed by atoms with E-state index in [0.717, 1.165) is 12.2 Å². The Balaban J connectivity index is 2.20. The zero-order chi connectivity index (χ0) is 14.0. The van der Waals surface area contributed by atoms with Gasteiger partial charge in [0, 0.05) is 6.42 Å². The van der Waals surface area contributed by atoms with Gasteiger partial charge in [0.1, 0.15) is 32.2 Å². The van der Waals surface area contributed by atoms with Gasteiger partial charge in [-0.05, 0) is 31.2 Å². The first kappa shape index (κ1) is 14.4. The van der Waals surface area contributed by atoms with E-state index in [-0.39, 0.29) is 5.54 Å². The second-order valence-corrected chi connectivity index (χ2v) is 6.70. The molecule has 0 aliphatic carbocycles. The average molecular weight is 268 g/mol. The van der Waals surface area contributed by atoms with Crippen LogP contribution in [0.3, 0.4) is 0 Å². The Kier molecular flexibility index (Phi) is 4.20. The van der Waals surface area contributed by atoms with E-state index in [1.165, 1.54) is 26.2 Å². The largest absolute Gasteiger partial charge is 0.328 e. The first-order valence-corrected chi connectivity index (χ1v) is 7.38. The van der Waals surface area contributed by atoms with Crippen molar-refractivity contribution in [2.24, 2.45) is 0 Å². The molecule has 0 bridgehead atoms. The lowest BCUT2D eigenvalue weighted by Crippen LogP contribution is -3.27. The highest BCUT2D eigenvalue weighted by Gasteiger charge is 2.34. The van der Waals surface area contributed by atoms with E-state index >= 15 is 0 Å². The molecule has 0 unspecified atom stereocenters. The Morgan fingerprint density at radius 2 is 1.84 bits per heavy atom. The van der Waals surface area contributed by atoms with E-state index in [1.54, 1.807) is 9.80 Å². The number of tetrazole rings is 1. The van der Waals surface area contributed by atoms with E-state index in [1.807, 2.05) is 4.68 Å². The van der Waals surface area contributed by atoms with Crippen LogP contribution in [-0.2, 0) is 5.54 Å². The number of nitrogens with one attached hydrogen (secondary N) is 2. The number of rotatable bonds is 3. The van der Waals surface area contributed by atoms with Crippen LogP contribution >= 0.6 is 0 Å². The van der Waals surface area contributed by atoms with Gasteiger partial charge in [0.2, 0.25) is 5.82 Å². The predicted molar refractivity (Wildman–Crippen MR) is 73.2 cm³/mol. The topological polar surface area (TPSA) is 52.5 Å². The molecule has 1 fully saturated rings. The van der Waals surface area contributed by atoms with Gasteiger partial charge in [-0.2, -0.15) is 0 Å². The lowest BCUT2D eigenvalue weighted by atomic mass is 10.1. The van der Waals surface area contributed by atoms with Gasteiger partial charge >= 0.3 is 0 Å². The van der Waals surface area contributed by atoms with Gasteiger partial charge in [-0.1, -0.05) is 6.92 Å². The van der Waals surface area contributed by atoms with Crippen molar-refractivity contribution in [2.45, 2.75) is 45.7 Å². The number of likely N-dealkylation sites (N-methyl/N-ethyl adjacent to an activating group) is 1. The van der Waals surface area contributed by atoms with E-state index in [2.05, 4.69) is 50.3 Å². The summed E-state index contributed by atoms with van der Waals surface area (Å²) in [4.78, 5) is 3.27. The van der Waals surface area contributed by atoms with Crippen LogP contribution in [0, 0.1) is 0 Å². The molecule has 1 aromatic rings. The fraction of sp³-hybridized carbons (Fsp3) is 0.923. The summed E-state index contributed by atoms with van der Waals surface area (Å²) in [6.07, 6.45) is 1.09. The molecular weight excluding hydrogens is 240 g/mol. The van der Waals surface area contributed by atoms with Crippen LogP contribution in [0.4, 0.5) is 0 Å². The highest BCUT2D eigenvalue weighted by molar-refractivity contribution is 4.91. The SMILES string of the molecule is CC[C@H](c1nnnn1C(C)(C)C)[NH+]1CC[NH+](C)CC1. The normalized spacial score (nSPS) is 26.4. The third-order valence-electron chi connectivity index (χ3n) is 4.09. The molecule has 2 rings (SSSR count). The maximum Gasteiger partial charge on any atom is 0.209 e. The number of nitrogens with zero attached hydrogens (tertiary/aromatic N) is 4. The molecule has 1 saturated heterocycles. The molecule has 2 N–H and O–H groups in total. The predicted octanol–water partition coefficient (Wildman–Crippen LogP) is -1.71. The molecular formula is C13H28N6+2. The van der Waals surface area contributed by atoms with Crippen LogP contribution < -0.4 is 9.80 Å². The Labute approximate surface area is 115 Å². The van der Waals surface area contributed by atoms with Crippen molar-refractivity contribution in [1.29, 1.82) is 0 Å². The highest BCUT2D eigenvalue weighted by atomic mass is 15.6. The van der Waals surface area contributed by atoms with Crippen LogP contribution in [0.2, 0.25) is 0 Å². The lowest BCUT2D eigenvalue weighted by Gasteiger charge is -2.33. The first-order valence-electron chi connectivity index (χ1n) is 7.38. The molecule has 0 saturated carbocycles. The number of hydrogen-bond donors (Lipinski definition) is 2. The fourth-order valence-electron chi connectivity index (χ4n) is 2.89. The molecule has 1 atom stereocenters. The molecule has 1 aliphatic heterocycles. The van der Waals surface area contributed by atoms with Crippen molar-refractivity contribution in [3.05, 3.63) is 5.82 Å². The summed E-state index contributed by atoms with van der Waals surface area (Å²) in [7, 11) is 2.27. The Hall–Kier alpha value is -1.01. The summed E-state index contributed by atoms with van der Waals surface area (Å²) >= 11 is 0. The van der Waals surface area contributed by atoms with E-state index < -0.39 is 0 Å². The third kappa shape index (κ3) is 3.12. The summed E-state index contributed by atoms with van der Waals surface area (Å²) in [6, 6.07) is 0.419. The van der Waals surface area contributed by atoms with E-state index in [9.17, 15) is 0 Å². The van der Waals surface area contributed by atoms with Gasteiger partial charge in [-0.15, -0.1) is 5.10 Å². The summed E-state index contributed by atoms with van der Waals surface area (Å²) in [6.45, 7) is 13.6. The summed E-state index contributed by atoms with van der Waals surface area (Å²) in [5.41, 5.74) is -0.0521. The molecule has 0 amide bonds. The standard InChI is InChI=1S/C13H26N6/c1-6-11(18-9-7-17(5)8-10-18)12-14-15-16-19(12)13(2,3)4/h11H,6-10H2,1-5H3/p+2/t11-/m1/s1. The maximum absolute atomic E-state index is 4.32. The van der Waals surface area contributed by atoms with Crippen molar-refractivity contribution in [3.8, 4) is 0 Å². The van der Waals surface area contributed by atoms with E-state index in [4.69, 9.17) is 0 Å². The van der Waals surface area contributed by atoms with Crippen LogP contribution in [-0.4, -0.2) is 53.4 Å². The minimum Gasteiger partial charge on any atom is -0.328 e. The zero-order valence-electron chi connectivity index (χ0n) is 12.9. The Bertz CT molecular complexity index is 400. The molecule has 1 aliphatic rings. The number of hydrogen-bond acceptors (Lipinski definition) is 3. The quantitative estimate of drug-likeness (QED) is 0.687. The third-order valence-corrected chi connectivity index (χ3v) is 4.09. The smallest absolute Gasteiger partial charge is 0.209 e. The highest BCUT2D eigenvalue weighted by Crippen LogP contribution is 2.18. The minimum atomic E-state index is -0.0521. The van der Waals surface area contributed by atoms with Crippen molar-refractivity contribution in [1.82, 2.24) is 20.2 Å². The van der Waals surface area contributed by atoms with Gasteiger partial charge in [0.05, 0.1) is 12.6 Å². The van der Waals surface area contributed by atoms with Crippen molar-refractivity contribution < 1.29 is 9.80 Å². The molecule has 0 aromatic carbocycles. The van der Waals surface area contributed by atoms with Gasteiger partial charge in [0.25, 0.3) is 0 Å². The fourth-order valence-corrected chi connectivity index (χ4v) is 2.89. The van der Waals surface area contributed by atoms with Crippen LogP contribution in [0.15, 0.2) is 0 Å². The van der Waals surface area contributed by atoms with Crippen molar-refractivity contribution >= 4 is 0 Å². The number of piperazine rings is 1. The Morgan fingerprint density at radius 3 is 2.37 bits per heavy atom. The molecule has 6 nitrogen and oxygen atoms in total. The van der Waals surface area contributed by atoms with Crippen molar-refractivity contribution in [2.75, 3.05) is 33.2 Å². The van der Waals surface area contributed by atoms with Crippen LogP contribution in [0.1, 0.15) is 46.0 Å². The lowest BCUT2D eigenvalue weighted by molar-refractivity contribution is -1.02. The van der Waals surface area contributed by atoms with Crippen molar-refractivity contribution in [3.63, 3.8) is 0 Å². The number of quaternary nitrogens is 2. The maximum atomic E-state index is 4.32. The van der Waals surface area contributed by atoms with Gasteiger partial charge in [0.15, 0.2) is 0 Å². The van der Waals surface area contributed by atoms with Gasteiger partial charge in [-0.25, -0.2) is 4.68 Å². The van der Waals surface area contributed by atoms with Gasteiger partial charge < -0.3 is 9.80 Å². The molecule has 6 heteroatoms. The summed E-state index contributed by atoms with van der Waals surface area (Å²) in [5.74, 6) is 1.05.